The average Bonchev–Trinajstić information content (AvgIpc) is 3.27. The zero-order valence-corrected chi connectivity index (χ0v) is 21.2. The van der Waals surface area contributed by atoms with E-state index in [-0.39, 0.29) is 5.91 Å². The molecule has 0 atom stereocenters. The third-order valence-corrected chi connectivity index (χ3v) is 6.12. The van der Waals surface area contributed by atoms with Crippen LogP contribution in [0.4, 0.5) is 4.79 Å². The first kappa shape index (κ1) is 30.2. The molecule has 1 saturated heterocycles. The van der Waals surface area contributed by atoms with Crippen molar-refractivity contribution in [1.82, 2.24) is 4.90 Å². The molecule has 0 saturated carbocycles. The van der Waals surface area contributed by atoms with E-state index >= 15 is 0 Å². The van der Waals surface area contributed by atoms with Gasteiger partial charge in [0.2, 0.25) is 5.91 Å². The molecule has 1 aliphatic rings. The van der Waals surface area contributed by atoms with Crippen molar-refractivity contribution in [2.45, 2.75) is 116 Å². The van der Waals surface area contributed by atoms with E-state index in [1.165, 1.54) is 56.3 Å². The summed E-state index contributed by atoms with van der Waals surface area (Å²) in [5, 5.41) is 17.7. The van der Waals surface area contributed by atoms with Gasteiger partial charge in [0.1, 0.15) is 6.61 Å². The number of ether oxygens (including phenoxy) is 1. The zero-order valence-electron chi connectivity index (χ0n) is 21.2. The van der Waals surface area contributed by atoms with Gasteiger partial charge < -0.3 is 14.9 Å². The van der Waals surface area contributed by atoms with E-state index in [1.54, 1.807) is 0 Å². The minimum absolute atomic E-state index is 0.173. The van der Waals surface area contributed by atoms with Crippen molar-refractivity contribution in [2.24, 2.45) is 0 Å². The Balaban J connectivity index is 2.35. The molecule has 0 aliphatic carbocycles. The summed E-state index contributed by atoms with van der Waals surface area (Å²) in [5.74, 6) is 6.50. The molecule has 0 aromatic rings. The summed E-state index contributed by atoms with van der Waals surface area (Å²) in [5.41, 5.74) is 1.11. The summed E-state index contributed by atoms with van der Waals surface area (Å²) < 4.78 is 4.84. The van der Waals surface area contributed by atoms with Crippen molar-refractivity contribution in [3.63, 3.8) is 0 Å². The zero-order chi connectivity index (χ0) is 24.7. The Hall–Kier alpha value is -1.84. The molecule has 1 heterocycles. The van der Waals surface area contributed by atoms with E-state index in [1.807, 2.05) is 0 Å². The van der Waals surface area contributed by atoms with Crippen LogP contribution in [0.15, 0.2) is 11.6 Å². The predicted octanol–water partition coefficient (Wildman–Crippen LogP) is 5.90. The van der Waals surface area contributed by atoms with Crippen LogP contribution in [0, 0.1) is 11.8 Å². The lowest BCUT2D eigenvalue weighted by Crippen LogP contribution is -2.31. The fourth-order valence-electron chi connectivity index (χ4n) is 4.04. The van der Waals surface area contributed by atoms with Crippen LogP contribution in [0.5, 0.6) is 0 Å². The fraction of sp³-hybridized carbons (Fsp3) is 0.786. The van der Waals surface area contributed by atoms with Gasteiger partial charge in [-0.3, -0.25) is 4.79 Å². The number of rotatable bonds is 20. The molecule has 1 rings (SSSR count). The second kappa shape index (κ2) is 21.7. The number of carbonyl (C=O) groups excluding carboxylic acids is 2. The van der Waals surface area contributed by atoms with Gasteiger partial charge in [0.25, 0.3) is 0 Å². The van der Waals surface area contributed by atoms with Gasteiger partial charge in [0.05, 0.1) is 6.54 Å². The summed E-state index contributed by atoms with van der Waals surface area (Å²) in [6.07, 6.45) is 20.2. The normalized spacial score (nSPS) is 13.6. The molecule has 0 bridgehead atoms. The minimum Gasteiger partial charge on any atom is -0.447 e. The van der Waals surface area contributed by atoms with Gasteiger partial charge in [-0.2, -0.15) is 0 Å². The molecule has 1 aliphatic heterocycles. The largest absolute Gasteiger partial charge is 0.447 e. The number of allylic oxidation sites excluding steroid dienone is 2. The Kier molecular flexibility index (Phi) is 19.2. The molecule has 1 fully saturated rings. The maximum absolute atomic E-state index is 12.2. The van der Waals surface area contributed by atoms with Gasteiger partial charge in [0.15, 0.2) is 0 Å². The van der Waals surface area contributed by atoms with Gasteiger partial charge in [-0.1, -0.05) is 82.1 Å². The quantitative estimate of drug-likeness (QED) is 0.168. The van der Waals surface area contributed by atoms with Crippen molar-refractivity contribution >= 4 is 12.0 Å². The lowest BCUT2D eigenvalue weighted by Gasteiger charge is -2.09. The third kappa shape index (κ3) is 15.9. The number of hydrogen-bond acceptors (Lipinski definition) is 5. The minimum atomic E-state index is -0.526. The number of nitrogens with zero attached hydrogens (tertiary/aromatic N) is 1. The fourth-order valence-corrected chi connectivity index (χ4v) is 4.04. The van der Waals surface area contributed by atoms with Gasteiger partial charge in [-0.25, -0.2) is 9.69 Å². The topological polar surface area (TPSA) is 87.1 Å². The molecule has 0 aromatic carbocycles. The molecular weight excluding hydrogens is 430 g/mol. The maximum Gasteiger partial charge on any atom is 0.416 e. The number of unbranched alkanes of at least 4 members (excludes halogenated alkanes) is 13. The SMILES string of the molecule is O=C(CC/C=C(/C#CCCCCCCCCCO)CCCCCCCCCO)N1CCOC1=O. The molecule has 6 heteroatoms. The number of aliphatic hydroxyl groups excluding tert-OH is 2. The van der Waals surface area contributed by atoms with E-state index < -0.39 is 6.09 Å². The molecule has 0 unspecified atom stereocenters. The molecule has 0 radical (unpaired) electrons. The Morgan fingerprint density at radius 1 is 0.824 bits per heavy atom. The first-order valence-electron chi connectivity index (χ1n) is 13.6. The van der Waals surface area contributed by atoms with Gasteiger partial charge in [0, 0.05) is 26.1 Å². The highest BCUT2D eigenvalue weighted by Gasteiger charge is 2.27. The number of aliphatic hydroxyl groups is 2. The van der Waals surface area contributed by atoms with Crippen LogP contribution >= 0.6 is 0 Å². The number of hydrogen-bond donors (Lipinski definition) is 2. The van der Waals surface area contributed by atoms with Crippen molar-refractivity contribution in [3.05, 3.63) is 11.6 Å². The number of amides is 2. The Labute approximate surface area is 207 Å². The third-order valence-electron chi connectivity index (χ3n) is 6.12. The summed E-state index contributed by atoms with van der Waals surface area (Å²) in [6.45, 7) is 1.24. The summed E-state index contributed by atoms with van der Waals surface area (Å²) in [7, 11) is 0. The summed E-state index contributed by atoms with van der Waals surface area (Å²) in [4.78, 5) is 25.0. The highest BCUT2D eigenvalue weighted by Crippen LogP contribution is 2.15. The molecule has 2 amide bonds. The first-order valence-corrected chi connectivity index (χ1v) is 13.6. The summed E-state index contributed by atoms with van der Waals surface area (Å²) >= 11 is 0. The van der Waals surface area contributed by atoms with E-state index in [9.17, 15) is 9.59 Å². The van der Waals surface area contributed by atoms with E-state index in [0.717, 1.165) is 56.9 Å². The van der Waals surface area contributed by atoms with E-state index in [4.69, 9.17) is 14.9 Å². The molecule has 0 spiro atoms. The molecule has 194 valence electrons. The predicted molar refractivity (Wildman–Crippen MR) is 136 cm³/mol. The van der Waals surface area contributed by atoms with Crippen LogP contribution in [0.25, 0.3) is 0 Å². The average molecular weight is 478 g/mol. The highest BCUT2D eigenvalue weighted by molar-refractivity contribution is 5.92. The van der Waals surface area contributed by atoms with Crippen LogP contribution in [0.2, 0.25) is 0 Å². The Morgan fingerprint density at radius 3 is 1.94 bits per heavy atom. The standard InChI is InChI=1S/C28H47NO5/c30-23-15-11-7-3-1-2-5-9-13-18-26(19-14-10-6-4-8-12-16-24-31)20-17-21-27(32)29-22-25-34-28(29)33/h20,30-31H,1-12,14-17,19,21-25H2/b26-20-. The van der Waals surface area contributed by atoms with Crippen LogP contribution in [-0.2, 0) is 9.53 Å². The van der Waals surface area contributed by atoms with Crippen molar-refractivity contribution in [3.8, 4) is 11.8 Å². The lowest BCUT2D eigenvalue weighted by atomic mass is 10.0. The van der Waals surface area contributed by atoms with E-state index in [0.29, 0.717) is 39.2 Å². The molecule has 2 N–H and O–H groups in total. The lowest BCUT2D eigenvalue weighted by molar-refractivity contribution is -0.127. The Morgan fingerprint density at radius 2 is 1.38 bits per heavy atom. The van der Waals surface area contributed by atoms with Gasteiger partial charge >= 0.3 is 6.09 Å². The van der Waals surface area contributed by atoms with Crippen LogP contribution in [0.1, 0.15) is 116 Å². The Bertz CT molecular complexity index is 634. The number of carbonyl (C=O) groups is 2. The monoisotopic (exact) mass is 477 g/mol. The summed E-state index contributed by atoms with van der Waals surface area (Å²) in [6, 6.07) is 0. The molecule has 34 heavy (non-hydrogen) atoms. The molecule has 6 nitrogen and oxygen atoms in total. The van der Waals surface area contributed by atoms with E-state index in [2.05, 4.69) is 17.9 Å². The van der Waals surface area contributed by atoms with Crippen LogP contribution < -0.4 is 0 Å². The second-order valence-electron chi connectivity index (χ2n) is 9.13. The van der Waals surface area contributed by atoms with Crippen molar-refractivity contribution < 1.29 is 24.5 Å². The number of cyclic esters (lactones) is 1. The van der Waals surface area contributed by atoms with Gasteiger partial charge in [-0.15, -0.1) is 0 Å². The van der Waals surface area contributed by atoms with Crippen molar-refractivity contribution in [2.75, 3.05) is 26.4 Å². The molecule has 0 aromatic heterocycles. The molecular formula is C28H47NO5. The first-order chi connectivity index (χ1) is 16.7. The highest BCUT2D eigenvalue weighted by atomic mass is 16.6. The maximum atomic E-state index is 12.2. The smallest absolute Gasteiger partial charge is 0.416 e. The van der Waals surface area contributed by atoms with Gasteiger partial charge in [-0.05, 0) is 44.1 Å². The number of imide groups is 1. The van der Waals surface area contributed by atoms with Crippen LogP contribution in [-0.4, -0.2) is 53.5 Å². The van der Waals surface area contributed by atoms with Crippen molar-refractivity contribution in [1.29, 1.82) is 0 Å². The van der Waals surface area contributed by atoms with Crippen LogP contribution in [0.3, 0.4) is 0 Å². The second-order valence-corrected chi connectivity index (χ2v) is 9.13.